The van der Waals surface area contributed by atoms with E-state index in [1.165, 1.54) is 5.56 Å². The molecular weight excluding hydrogens is 323 g/mol. The van der Waals surface area contributed by atoms with Crippen LogP contribution < -0.4 is 10.6 Å². The van der Waals surface area contributed by atoms with Gasteiger partial charge in [-0.2, -0.15) is 5.10 Å². The van der Waals surface area contributed by atoms with Gasteiger partial charge in [-0.1, -0.05) is 13.8 Å². The van der Waals surface area contributed by atoms with Crippen molar-refractivity contribution in [2.24, 2.45) is 13.0 Å². The summed E-state index contributed by atoms with van der Waals surface area (Å²) in [5, 5.41) is 10.7. The monoisotopic (exact) mass is 352 g/mol. The lowest BCUT2D eigenvalue weighted by Gasteiger charge is -2.16. The average Bonchev–Trinajstić information content (AvgIpc) is 2.63. The molecule has 0 aromatic carbocycles. The first-order chi connectivity index (χ1) is 9.36. The molecule has 7 heteroatoms. The maximum Gasteiger partial charge on any atom is 0.223 e. The second kappa shape index (κ2) is 10.9. The molecule has 1 aromatic rings. The lowest BCUT2D eigenvalue weighted by molar-refractivity contribution is -0.124. The van der Waals surface area contributed by atoms with Crippen molar-refractivity contribution < 1.29 is 4.79 Å². The van der Waals surface area contributed by atoms with E-state index < -0.39 is 0 Å². The van der Waals surface area contributed by atoms with Gasteiger partial charge in [-0.3, -0.25) is 9.48 Å². The van der Waals surface area contributed by atoms with E-state index >= 15 is 0 Å². The first-order valence-corrected chi connectivity index (χ1v) is 7.36. The van der Waals surface area contributed by atoms with Gasteiger partial charge in [0.2, 0.25) is 5.91 Å². The van der Waals surface area contributed by atoms with Gasteiger partial charge in [-0.25, -0.2) is 0 Å². The van der Waals surface area contributed by atoms with E-state index in [1.807, 2.05) is 32.5 Å². The smallest absolute Gasteiger partial charge is 0.223 e. The number of hydrogen-bond acceptors (Lipinski definition) is 3. The number of rotatable bonds is 7. The molecule has 1 aromatic heterocycles. The summed E-state index contributed by atoms with van der Waals surface area (Å²) in [6.45, 7) is 11.7. The van der Waals surface area contributed by atoms with Gasteiger partial charge in [0.05, 0.1) is 5.69 Å². The Bertz CT molecular complexity index is 463. The van der Waals surface area contributed by atoms with E-state index in [0.29, 0.717) is 12.6 Å². The highest BCUT2D eigenvalue weighted by molar-refractivity contribution is 5.85. The van der Waals surface area contributed by atoms with Crippen molar-refractivity contribution in [3.8, 4) is 0 Å². The van der Waals surface area contributed by atoms with Crippen molar-refractivity contribution in [2.75, 3.05) is 13.1 Å². The van der Waals surface area contributed by atoms with Gasteiger partial charge in [0, 0.05) is 31.2 Å². The highest BCUT2D eigenvalue weighted by Gasteiger charge is 2.18. The molecule has 0 spiro atoms. The van der Waals surface area contributed by atoms with Gasteiger partial charge in [0.25, 0.3) is 0 Å². The van der Waals surface area contributed by atoms with Crippen molar-refractivity contribution in [3.63, 3.8) is 0 Å². The first-order valence-electron chi connectivity index (χ1n) is 7.36. The van der Waals surface area contributed by atoms with Crippen LogP contribution >= 0.6 is 24.8 Å². The SMILES string of the molecule is CCN[C@H](C)CNC(=O)C(C)Cc1c(C)nn(C)c1C.Cl.Cl. The fraction of sp³-hybridized carbons (Fsp3) is 0.733. The molecule has 0 saturated carbocycles. The molecule has 5 nitrogen and oxygen atoms in total. The number of aromatic nitrogens is 2. The zero-order valence-corrected chi connectivity index (χ0v) is 16.0. The summed E-state index contributed by atoms with van der Waals surface area (Å²) in [5.41, 5.74) is 3.35. The molecule has 1 heterocycles. The summed E-state index contributed by atoms with van der Waals surface area (Å²) in [6.07, 6.45) is 0.743. The predicted molar refractivity (Wildman–Crippen MR) is 96.2 cm³/mol. The molecule has 1 unspecified atom stereocenters. The normalized spacial score (nSPS) is 12.8. The molecule has 0 fully saturated rings. The fourth-order valence-electron chi connectivity index (χ4n) is 2.36. The zero-order valence-electron chi connectivity index (χ0n) is 14.4. The molecule has 0 saturated heterocycles. The highest BCUT2D eigenvalue weighted by atomic mass is 35.5. The maximum atomic E-state index is 12.1. The average molecular weight is 353 g/mol. The number of likely N-dealkylation sites (N-methyl/N-ethyl adjacent to an activating group) is 1. The van der Waals surface area contributed by atoms with Crippen LogP contribution in [-0.2, 0) is 18.3 Å². The fourth-order valence-corrected chi connectivity index (χ4v) is 2.36. The lowest BCUT2D eigenvalue weighted by Crippen LogP contribution is -2.41. The second-order valence-electron chi connectivity index (χ2n) is 5.58. The number of carbonyl (C=O) groups excluding carboxylic acids is 1. The van der Waals surface area contributed by atoms with Crippen LogP contribution in [-0.4, -0.2) is 34.8 Å². The molecule has 2 N–H and O–H groups in total. The summed E-state index contributed by atoms with van der Waals surface area (Å²) in [7, 11) is 1.94. The van der Waals surface area contributed by atoms with Gasteiger partial charge in [-0.05, 0) is 39.3 Å². The Balaban J connectivity index is 0. The van der Waals surface area contributed by atoms with E-state index in [4.69, 9.17) is 0 Å². The number of halogens is 2. The summed E-state index contributed by atoms with van der Waals surface area (Å²) >= 11 is 0. The minimum absolute atomic E-state index is 0. The molecule has 0 aliphatic heterocycles. The highest BCUT2D eigenvalue weighted by Crippen LogP contribution is 2.16. The van der Waals surface area contributed by atoms with E-state index in [2.05, 4.69) is 29.6 Å². The van der Waals surface area contributed by atoms with E-state index in [0.717, 1.165) is 24.4 Å². The van der Waals surface area contributed by atoms with Gasteiger partial charge in [-0.15, -0.1) is 24.8 Å². The topological polar surface area (TPSA) is 58.9 Å². The number of amides is 1. The van der Waals surface area contributed by atoms with Crippen molar-refractivity contribution in [1.82, 2.24) is 20.4 Å². The van der Waals surface area contributed by atoms with Crippen LogP contribution in [0.2, 0.25) is 0 Å². The van der Waals surface area contributed by atoms with Crippen LogP contribution in [0.5, 0.6) is 0 Å². The van der Waals surface area contributed by atoms with Crippen LogP contribution in [0.1, 0.15) is 37.7 Å². The lowest BCUT2D eigenvalue weighted by atomic mass is 9.99. The Morgan fingerprint density at radius 1 is 1.27 bits per heavy atom. The minimum Gasteiger partial charge on any atom is -0.354 e. The Kier molecular flexibility index (Phi) is 11.6. The molecule has 0 radical (unpaired) electrons. The van der Waals surface area contributed by atoms with Crippen molar-refractivity contribution >= 4 is 30.7 Å². The summed E-state index contributed by atoms with van der Waals surface area (Å²) < 4.78 is 1.88. The van der Waals surface area contributed by atoms with Crippen LogP contribution in [0.3, 0.4) is 0 Å². The molecular formula is C15H30Cl2N4O. The number of nitrogens with one attached hydrogen (secondary N) is 2. The minimum atomic E-state index is -0.0366. The number of aryl methyl sites for hydroxylation is 2. The standard InChI is InChI=1S/C15H28N4O.2ClH/c1-7-16-11(3)9-17-15(20)10(2)8-14-12(4)18-19(6)13(14)5;;/h10-11,16H,7-9H2,1-6H3,(H,17,20);2*1H/t10?,11-;;/m1../s1. The maximum absolute atomic E-state index is 12.1. The van der Waals surface area contributed by atoms with Gasteiger partial charge < -0.3 is 10.6 Å². The number of hydrogen-bond donors (Lipinski definition) is 2. The molecule has 1 amide bonds. The van der Waals surface area contributed by atoms with Gasteiger partial charge >= 0.3 is 0 Å². The third-order valence-corrected chi connectivity index (χ3v) is 3.75. The van der Waals surface area contributed by atoms with Crippen LogP contribution in [0.4, 0.5) is 0 Å². The van der Waals surface area contributed by atoms with Crippen LogP contribution in [0.15, 0.2) is 0 Å². The summed E-state index contributed by atoms with van der Waals surface area (Å²) in [4.78, 5) is 12.1. The van der Waals surface area contributed by atoms with Crippen molar-refractivity contribution in [1.29, 1.82) is 0 Å². The Morgan fingerprint density at radius 2 is 1.86 bits per heavy atom. The first kappa shape index (κ1) is 23.5. The molecule has 0 aliphatic rings. The molecule has 0 bridgehead atoms. The van der Waals surface area contributed by atoms with Crippen molar-refractivity contribution in [3.05, 3.63) is 17.0 Å². The number of carbonyl (C=O) groups is 1. The molecule has 0 aliphatic carbocycles. The predicted octanol–water partition coefficient (Wildman–Crippen LogP) is 2.17. The van der Waals surface area contributed by atoms with Gasteiger partial charge in [0.15, 0.2) is 0 Å². The molecule has 1 rings (SSSR count). The second-order valence-corrected chi connectivity index (χ2v) is 5.58. The van der Waals surface area contributed by atoms with E-state index in [-0.39, 0.29) is 36.6 Å². The Hall–Kier alpha value is -0.780. The summed E-state index contributed by atoms with van der Waals surface area (Å²) in [5.74, 6) is 0.0721. The zero-order chi connectivity index (χ0) is 15.3. The van der Waals surface area contributed by atoms with Crippen molar-refractivity contribution in [2.45, 2.75) is 47.1 Å². The molecule has 2 atom stereocenters. The number of nitrogens with zero attached hydrogens (tertiary/aromatic N) is 2. The summed E-state index contributed by atoms with van der Waals surface area (Å²) in [6, 6.07) is 0.304. The Labute approximate surface area is 146 Å². The quantitative estimate of drug-likeness (QED) is 0.790. The van der Waals surface area contributed by atoms with Crippen LogP contribution in [0.25, 0.3) is 0 Å². The van der Waals surface area contributed by atoms with Gasteiger partial charge in [0.1, 0.15) is 0 Å². The van der Waals surface area contributed by atoms with E-state index in [1.54, 1.807) is 0 Å². The van der Waals surface area contributed by atoms with E-state index in [9.17, 15) is 4.79 Å². The third-order valence-electron chi connectivity index (χ3n) is 3.75. The largest absolute Gasteiger partial charge is 0.354 e. The van der Waals surface area contributed by atoms with Crippen LogP contribution in [0, 0.1) is 19.8 Å². The molecule has 22 heavy (non-hydrogen) atoms. The Morgan fingerprint density at radius 3 is 2.32 bits per heavy atom. The third kappa shape index (κ3) is 6.55. The molecule has 130 valence electrons.